The first-order valence-electron chi connectivity index (χ1n) is 11.8. The van der Waals surface area contributed by atoms with Gasteiger partial charge in [-0.15, -0.1) is 0 Å². The number of nitrogens with zero attached hydrogens (tertiary/aromatic N) is 2. The Morgan fingerprint density at radius 1 is 1.03 bits per heavy atom. The van der Waals surface area contributed by atoms with Crippen LogP contribution in [0.15, 0.2) is 48.5 Å². The van der Waals surface area contributed by atoms with Crippen molar-refractivity contribution in [2.75, 3.05) is 30.4 Å². The third kappa shape index (κ3) is 6.45. The van der Waals surface area contributed by atoms with Crippen LogP contribution in [0.5, 0.6) is 5.75 Å². The number of nitrogen functional groups attached to an aromatic ring is 1. The Balaban J connectivity index is 2.14. The maximum Gasteiger partial charge on any atom is 0.325 e. The minimum atomic E-state index is -1.24. The smallest absolute Gasteiger partial charge is 0.325 e. The third-order valence-electron chi connectivity index (χ3n) is 5.41. The predicted octanol–water partition coefficient (Wildman–Crippen LogP) is 2.60. The zero-order chi connectivity index (χ0) is 27.8. The first-order chi connectivity index (χ1) is 18.2. The van der Waals surface area contributed by atoms with Gasteiger partial charge in [0.1, 0.15) is 23.2 Å². The van der Waals surface area contributed by atoms with Gasteiger partial charge >= 0.3 is 5.97 Å². The number of ether oxygens (including phenoxy) is 2. The third-order valence-corrected chi connectivity index (χ3v) is 6.26. The SMILES string of the molecule is CCOC(=O)CNC(=O)C(c1ccc(OCC)cc1)N(C(=O)c1snc(C(N)=O)c1N)c1ccc(C)cc1. The Morgan fingerprint density at radius 3 is 2.24 bits per heavy atom. The quantitative estimate of drug-likeness (QED) is 0.313. The number of carbonyl (C=O) groups is 4. The molecule has 0 aliphatic carbocycles. The van der Waals surface area contributed by atoms with Crippen molar-refractivity contribution >= 4 is 46.6 Å². The number of carbonyl (C=O) groups excluding carboxylic acids is 4. The fourth-order valence-electron chi connectivity index (χ4n) is 3.63. The molecule has 5 N–H and O–H groups in total. The molecule has 12 heteroatoms. The van der Waals surface area contributed by atoms with E-state index in [0.29, 0.717) is 35.1 Å². The molecule has 0 spiro atoms. The number of benzene rings is 2. The first-order valence-corrected chi connectivity index (χ1v) is 12.6. The number of aryl methyl sites for hydroxylation is 1. The second-order valence-corrected chi connectivity index (χ2v) is 8.85. The van der Waals surface area contributed by atoms with Crippen LogP contribution in [0.1, 0.15) is 51.2 Å². The summed E-state index contributed by atoms with van der Waals surface area (Å²) in [7, 11) is 0. The van der Waals surface area contributed by atoms with Crippen LogP contribution in [0.4, 0.5) is 11.4 Å². The number of hydrogen-bond acceptors (Lipinski definition) is 9. The van der Waals surface area contributed by atoms with Crippen LogP contribution in [0.25, 0.3) is 0 Å². The Bertz CT molecular complexity index is 1310. The Kier molecular flexibility index (Phi) is 9.39. The number of hydrogen-bond donors (Lipinski definition) is 3. The topological polar surface area (TPSA) is 167 Å². The molecule has 11 nitrogen and oxygen atoms in total. The number of rotatable bonds is 11. The summed E-state index contributed by atoms with van der Waals surface area (Å²) in [5.41, 5.74) is 12.7. The summed E-state index contributed by atoms with van der Waals surface area (Å²) in [6.07, 6.45) is 0. The van der Waals surface area contributed by atoms with E-state index in [9.17, 15) is 19.2 Å². The van der Waals surface area contributed by atoms with Crippen LogP contribution >= 0.6 is 11.5 Å². The van der Waals surface area contributed by atoms with Crippen molar-refractivity contribution < 1.29 is 28.7 Å². The Hall–Kier alpha value is -4.45. The molecule has 3 amide bonds. The number of amides is 3. The number of nitrogens with two attached hydrogens (primary N) is 2. The highest BCUT2D eigenvalue weighted by Crippen LogP contribution is 2.34. The fraction of sp³-hybridized carbons (Fsp3) is 0.269. The Labute approximate surface area is 223 Å². The van der Waals surface area contributed by atoms with Crippen LogP contribution in [-0.4, -0.2) is 47.8 Å². The lowest BCUT2D eigenvalue weighted by Gasteiger charge is -2.31. The van der Waals surface area contributed by atoms with Gasteiger partial charge in [-0.2, -0.15) is 4.37 Å². The molecule has 1 atom stereocenters. The summed E-state index contributed by atoms with van der Waals surface area (Å²) in [5, 5.41) is 2.56. The zero-order valence-corrected chi connectivity index (χ0v) is 22.0. The van der Waals surface area contributed by atoms with E-state index in [1.165, 1.54) is 4.90 Å². The van der Waals surface area contributed by atoms with E-state index in [0.717, 1.165) is 5.56 Å². The largest absolute Gasteiger partial charge is 0.494 e. The Morgan fingerprint density at radius 2 is 1.68 bits per heavy atom. The lowest BCUT2D eigenvalue weighted by atomic mass is 10.0. The van der Waals surface area contributed by atoms with Gasteiger partial charge in [-0.3, -0.25) is 24.1 Å². The molecule has 0 fully saturated rings. The van der Waals surface area contributed by atoms with Gasteiger partial charge in [0, 0.05) is 5.69 Å². The molecule has 1 heterocycles. The number of esters is 1. The van der Waals surface area contributed by atoms with Crippen LogP contribution < -0.4 is 26.4 Å². The van der Waals surface area contributed by atoms with Crippen molar-refractivity contribution in [3.8, 4) is 5.75 Å². The normalized spacial score (nSPS) is 11.3. The average molecular weight is 540 g/mol. The number of primary amides is 1. The van der Waals surface area contributed by atoms with Crippen molar-refractivity contribution in [2.24, 2.45) is 5.73 Å². The standard InChI is InChI=1S/C26H29N5O6S/c1-4-36-18-12-8-16(9-13-18)22(25(34)29-14-19(32)37-5-2)31(17-10-6-15(3)7-11-17)26(35)23-20(27)21(24(28)33)30-38-23/h6-13,22H,4-5,14,27H2,1-3H3,(H2,28,33)(H,29,34). The van der Waals surface area contributed by atoms with Gasteiger partial charge in [-0.05, 0) is 62.1 Å². The van der Waals surface area contributed by atoms with Gasteiger partial charge in [-0.25, -0.2) is 0 Å². The molecule has 3 rings (SSSR count). The maximum absolute atomic E-state index is 14.0. The number of aromatic nitrogens is 1. The van der Waals surface area contributed by atoms with Gasteiger partial charge in [0.25, 0.3) is 11.8 Å². The predicted molar refractivity (Wildman–Crippen MR) is 143 cm³/mol. The van der Waals surface area contributed by atoms with E-state index >= 15 is 0 Å². The monoisotopic (exact) mass is 539 g/mol. The molecular formula is C26H29N5O6S. The fourth-order valence-corrected chi connectivity index (χ4v) is 4.37. The first kappa shape index (κ1) is 28.1. The van der Waals surface area contributed by atoms with E-state index in [2.05, 4.69) is 9.69 Å². The minimum Gasteiger partial charge on any atom is -0.494 e. The molecule has 0 aliphatic rings. The zero-order valence-electron chi connectivity index (χ0n) is 21.2. The van der Waals surface area contributed by atoms with Gasteiger partial charge in [-0.1, -0.05) is 29.8 Å². The lowest BCUT2D eigenvalue weighted by molar-refractivity contribution is -0.143. The van der Waals surface area contributed by atoms with Gasteiger partial charge in [0.05, 0.1) is 18.9 Å². The summed E-state index contributed by atoms with van der Waals surface area (Å²) in [4.78, 5) is 52.5. The maximum atomic E-state index is 14.0. The summed E-state index contributed by atoms with van der Waals surface area (Å²) in [6.45, 7) is 5.58. The lowest BCUT2D eigenvalue weighted by Crippen LogP contribution is -2.45. The number of anilines is 2. The van der Waals surface area contributed by atoms with Crippen LogP contribution in [0.2, 0.25) is 0 Å². The molecule has 0 aliphatic heterocycles. The highest BCUT2D eigenvalue weighted by atomic mass is 32.1. The average Bonchev–Trinajstić information content (AvgIpc) is 3.29. The van der Waals surface area contributed by atoms with E-state index < -0.39 is 36.3 Å². The second kappa shape index (κ2) is 12.7. The van der Waals surface area contributed by atoms with E-state index in [4.69, 9.17) is 20.9 Å². The van der Waals surface area contributed by atoms with Crippen molar-refractivity contribution in [2.45, 2.75) is 26.8 Å². The summed E-state index contributed by atoms with van der Waals surface area (Å²) in [6, 6.07) is 12.3. The molecule has 1 aromatic heterocycles. The minimum absolute atomic E-state index is 0.0616. The molecule has 0 radical (unpaired) electrons. The van der Waals surface area contributed by atoms with Crippen molar-refractivity contribution in [1.29, 1.82) is 0 Å². The molecule has 3 aromatic rings. The molecular weight excluding hydrogens is 510 g/mol. The molecule has 200 valence electrons. The van der Waals surface area contributed by atoms with Crippen molar-refractivity contribution in [1.82, 2.24) is 9.69 Å². The van der Waals surface area contributed by atoms with E-state index in [1.807, 2.05) is 13.8 Å². The summed E-state index contributed by atoms with van der Waals surface area (Å²) >= 11 is 0.704. The van der Waals surface area contributed by atoms with Crippen LogP contribution in [0, 0.1) is 6.92 Å². The van der Waals surface area contributed by atoms with Crippen molar-refractivity contribution in [3.63, 3.8) is 0 Å². The summed E-state index contributed by atoms with van der Waals surface area (Å²) < 4.78 is 14.4. The van der Waals surface area contributed by atoms with Crippen LogP contribution in [0.3, 0.4) is 0 Å². The van der Waals surface area contributed by atoms with Crippen LogP contribution in [-0.2, 0) is 14.3 Å². The highest BCUT2D eigenvalue weighted by molar-refractivity contribution is 7.09. The molecule has 1 unspecified atom stereocenters. The van der Waals surface area contributed by atoms with Gasteiger partial charge < -0.3 is 26.3 Å². The van der Waals surface area contributed by atoms with Gasteiger partial charge in [0.15, 0.2) is 5.69 Å². The molecule has 0 bridgehead atoms. The van der Waals surface area contributed by atoms with E-state index in [-0.39, 0.29) is 22.9 Å². The van der Waals surface area contributed by atoms with E-state index in [1.54, 1.807) is 55.5 Å². The van der Waals surface area contributed by atoms with Crippen molar-refractivity contribution in [3.05, 3.63) is 70.2 Å². The molecule has 0 saturated carbocycles. The van der Waals surface area contributed by atoms with Gasteiger partial charge in [0.2, 0.25) is 5.91 Å². The molecule has 2 aromatic carbocycles. The molecule has 0 saturated heterocycles. The summed E-state index contributed by atoms with van der Waals surface area (Å²) in [5.74, 6) is -2.25. The number of nitrogens with one attached hydrogen (secondary N) is 1. The molecule has 38 heavy (non-hydrogen) atoms. The highest BCUT2D eigenvalue weighted by Gasteiger charge is 2.36. The second-order valence-electron chi connectivity index (χ2n) is 8.08.